The zero-order valence-corrected chi connectivity index (χ0v) is 15.9. The SMILES string of the molecule is CCC(C)OC(CCCCOC([O])C(C)(C)C)OC(C)(C)C. The smallest absolute Gasteiger partial charge is 0.196 e. The maximum absolute atomic E-state index is 11.7. The number of hydrogen-bond acceptors (Lipinski definition) is 3. The molecule has 133 valence electrons. The summed E-state index contributed by atoms with van der Waals surface area (Å²) in [6.07, 6.45) is 2.60. The molecule has 0 aromatic rings. The number of ether oxygens (including phenoxy) is 3. The highest BCUT2D eigenvalue weighted by atomic mass is 16.7. The summed E-state index contributed by atoms with van der Waals surface area (Å²) in [6.45, 7) is 16.5. The third-order valence-electron chi connectivity index (χ3n) is 3.25. The van der Waals surface area contributed by atoms with Gasteiger partial charge < -0.3 is 14.2 Å². The summed E-state index contributed by atoms with van der Waals surface area (Å²) >= 11 is 0. The van der Waals surface area contributed by atoms with Gasteiger partial charge in [0.25, 0.3) is 0 Å². The van der Waals surface area contributed by atoms with Gasteiger partial charge in [0.2, 0.25) is 0 Å². The van der Waals surface area contributed by atoms with Crippen molar-refractivity contribution in [2.75, 3.05) is 6.61 Å². The Bertz CT molecular complexity index is 278. The van der Waals surface area contributed by atoms with E-state index < -0.39 is 6.29 Å². The Morgan fingerprint density at radius 3 is 2.05 bits per heavy atom. The van der Waals surface area contributed by atoms with E-state index in [1.54, 1.807) is 0 Å². The van der Waals surface area contributed by atoms with E-state index in [-0.39, 0.29) is 23.4 Å². The lowest BCUT2D eigenvalue weighted by molar-refractivity contribution is -0.217. The molecule has 3 atom stereocenters. The molecule has 0 aliphatic heterocycles. The summed E-state index contributed by atoms with van der Waals surface area (Å²) in [7, 11) is 0. The zero-order chi connectivity index (χ0) is 17.4. The van der Waals surface area contributed by atoms with Crippen molar-refractivity contribution in [3.63, 3.8) is 0 Å². The normalized spacial score (nSPS) is 17.3. The second-order valence-corrected chi connectivity index (χ2v) is 8.08. The molecule has 0 heterocycles. The van der Waals surface area contributed by atoms with Gasteiger partial charge in [0, 0.05) is 12.0 Å². The first-order valence-corrected chi connectivity index (χ1v) is 8.56. The average molecular weight is 317 g/mol. The lowest BCUT2D eigenvalue weighted by atomic mass is 9.96. The Balaban J connectivity index is 4.07. The van der Waals surface area contributed by atoms with Gasteiger partial charge in [0.1, 0.15) is 0 Å². The molecule has 0 amide bonds. The fourth-order valence-corrected chi connectivity index (χ4v) is 1.76. The van der Waals surface area contributed by atoms with Crippen LogP contribution in [0.5, 0.6) is 0 Å². The Labute approximate surface area is 137 Å². The van der Waals surface area contributed by atoms with Gasteiger partial charge in [-0.15, -0.1) is 0 Å². The van der Waals surface area contributed by atoms with Crippen LogP contribution in [0.3, 0.4) is 0 Å². The molecule has 0 aliphatic carbocycles. The Hall–Kier alpha value is -0.160. The van der Waals surface area contributed by atoms with Crippen molar-refractivity contribution in [2.45, 2.75) is 105 Å². The highest BCUT2D eigenvalue weighted by molar-refractivity contribution is 4.65. The maximum atomic E-state index is 11.7. The largest absolute Gasteiger partial charge is 0.350 e. The molecule has 0 rings (SSSR count). The van der Waals surface area contributed by atoms with Crippen molar-refractivity contribution < 1.29 is 19.3 Å². The molecule has 0 saturated heterocycles. The third-order valence-corrected chi connectivity index (χ3v) is 3.25. The molecule has 3 unspecified atom stereocenters. The molecule has 0 N–H and O–H groups in total. The molecule has 0 bridgehead atoms. The highest BCUT2D eigenvalue weighted by Crippen LogP contribution is 2.21. The maximum Gasteiger partial charge on any atom is 0.196 e. The molecule has 0 spiro atoms. The molecule has 0 aliphatic rings. The molecular weight excluding hydrogens is 280 g/mol. The van der Waals surface area contributed by atoms with Crippen LogP contribution >= 0.6 is 0 Å². The van der Waals surface area contributed by atoms with Gasteiger partial charge in [-0.25, -0.2) is 5.11 Å². The fourth-order valence-electron chi connectivity index (χ4n) is 1.76. The summed E-state index contributed by atoms with van der Waals surface area (Å²) in [6, 6.07) is 0. The summed E-state index contributed by atoms with van der Waals surface area (Å²) in [5.74, 6) is 0. The topological polar surface area (TPSA) is 47.6 Å². The van der Waals surface area contributed by atoms with Crippen molar-refractivity contribution in [3.05, 3.63) is 0 Å². The fraction of sp³-hybridized carbons (Fsp3) is 1.00. The Kier molecular flexibility index (Phi) is 9.79. The monoisotopic (exact) mass is 317 g/mol. The predicted molar refractivity (Wildman–Crippen MR) is 89.2 cm³/mol. The van der Waals surface area contributed by atoms with Crippen LogP contribution < -0.4 is 0 Å². The van der Waals surface area contributed by atoms with Gasteiger partial charge in [-0.3, -0.25) is 0 Å². The van der Waals surface area contributed by atoms with Crippen LogP contribution in [-0.4, -0.2) is 30.9 Å². The van der Waals surface area contributed by atoms with E-state index in [1.807, 2.05) is 41.5 Å². The van der Waals surface area contributed by atoms with Crippen LogP contribution in [0, 0.1) is 5.41 Å². The van der Waals surface area contributed by atoms with Gasteiger partial charge in [-0.1, -0.05) is 27.7 Å². The van der Waals surface area contributed by atoms with Crippen LogP contribution in [0.25, 0.3) is 0 Å². The van der Waals surface area contributed by atoms with Gasteiger partial charge >= 0.3 is 0 Å². The first kappa shape index (κ1) is 21.8. The van der Waals surface area contributed by atoms with Crippen molar-refractivity contribution in [1.82, 2.24) is 0 Å². The summed E-state index contributed by atoms with van der Waals surface area (Å²) in [4.78, 5) is 0. The summed E-state index contributed by atoms with van der Waals surface area (Å²) in [5.41, 5.74) is -0.571. The molecule has 22 heavy (non-hydrogen) atoms. The predicted octanol–water partition coefficient (Wildman–Crippen LogP) is 4.93. The number of rotatable bonds is 10. The van der Waals surface area contributed by atoms with E-state index in [4.69, 9.17) is 14.2 Å². The van der Waals surface area contributed by atoms with Crippen molar-refractivity contribution in [2.24, 2.45) is 5.41 Å². The van der Waals surface area contributed by atoms with Gasteiger partial charge in [0.15, 0.2) is 12.6 Å². The van der Waals surface area contributed by atoms with Crippen LogP contribution in [0.1, 0.15) is 81.1 Å². The van der Waals surface area contributed by atoms with E-state index in [1.165, 1.54) is 0 Å². The van der Waals surface area contributed by atoms with E-state index in [2.05, 4.69) is 13.8 Å². The standard InChI is InChI=1S/C18H37O4/c1-9-14(2)21-15(22-18(6,7)8)12-10-11-13-20-16(19)17(3,4)5/h14-16H,9-13H2,1-8H3. The van der Waals surface area contributed by atoms with Crippen LogP contribution in [0.2, 0.25) is 0 Å². The number of unbranched alkanes of at least 4 members (excludes halogenated alkanes) is 1. The van der Waals surface area contributed by atoms with E-state index in [9.17, 15) is 5.11 Å². The summed E-state index contributed by atoms with van der Waals surface area (Å²) in [5, 5.41) is 11.7. The zero-order valence-electron chi connectivity index (χ0n) is 15.9. The van der Waals surface area contributed by atoms with Crippen molar-refractivity contribution >= 4 is 0 Å². The molecule has 0 aromatic heterocycles. The Morgan fingerprint density at radius 1 is 1.00 bits per heavy atom. The second kappa shape index (κ2) is 9.86. The van der Waals surface area contributed by atoms with E-state index in [0.717, 1.165) is 25.7 Å². The van der Waals surface area contributed by atoms with Crippen LogP contribution in [0.15, 0.2) is 0 Å². The minimum atomic E-state index is -0.967. The Morgan fingerprint density at radius 2 is 1.59 bits per heavy atom. The lowest BCUT2D eigenvalue weighted by Crippen LogP contribution is -2.32. The lowest BCUT2D eigenvalue weighted by Gasteiger charge is -2.29. The molecule has 0 saturated carbocycles. The molecule has 4 heteroatoms. The van der Waals surface area contributed by atoms with Gasteiger partial charge in [0.05, 0.1) is 11.7 Å². The quantitative estimate of drug-likeness (QED) is 0.424. The molecule has 0 fully saturated rings. The second-order valence-electron chi connectivity index (χ2n) is 8.08. The van der Waals surface area contributed by atoms with Crippen molar-refractivity contribution in [1.29, 1.82) is 0 Å². The van der Waals surface area contributed by atoms with Crippen LogP contribution in [0.4, 0.5) is 0 Å². The molecule has 0 aromatic carbocycles. The average Bonchev–Trinajstić information content (AvgIpc) is 2.34. The molecule has 4 nitrogen and oxygen atoms in total. The summed E-state index contributed by atoms with van der Waals surface area (Å²) < 4.78 is 17.3. The van der Waals surface area contributed by atoms with Gasteiger partial charge in [-0.05, 0) is 53.4 Å². The van der Waals surface area contributed by atoms with Crippen LogP contribution in [-0.2, 0) is 19.3 Å². The first-order valence-electron chi connectivity index (χ1n) is 8.56. The molecule has 1 radical (unpaired) electrons. The number of hydrogen-bond donors (Lipinski definition) is 0. The molecular formula is C18H37O4. The first-order chi connectivity index (χ1) is 9.95. The van der Waals surface area contributed by atoms with E-state index >= 15 is 0 Å². The highest BCUT2D eigenvalue weighted by Gasteiger charge is 2.24. The minimum absolute atomic E-state index is 0.190. The van der Waals surface area contributed by atoms with Gasteiger partial charge in [-0.2, -0.15) is 0 Å². The van der Waals surface area contributed by atoms with E-state index in [0.29, 0.717) is 6.61 Å². The van der Waals surface area contributed by atoms with Crippen molar-refractivity contribution in [3.8, 4) is 0 Å². The minimum Gasteiger partial charge on any atom is -0.350 e. The third kappa shape index (κ3) is 11.4.